The number of hydrogen-bond acceptors (Lipinski definition) is 2. The van der Waals surface area contributed by atoms with E-state index in [4.69, 9.17) is 4.74 Å². The van der Waals surface area contributed by atoms with Crippen molar-refractivity contribution in [1.82, 2.24) is 9.55 Å². The van der Waals surface area contributed by atoms with Gasteiger partial charge in [0.25, 0.3) is 0 Å². The Morgan fingerprint density at radius 1 is 1.15 bits per heavy atom. The van der Waals surface area contributed by atoms with Gasteiger partial charge in [-0.25, -0.2) is 4.98 Å². The molecule has 3 nitrogen and oxygen atoms in total. The molecular weight excluding hydrogens is 248 g/mol. The zero-order valence-corrected chi connectivity index (χ0v) is 11.8. The normalized spacial score (nSPS) is 12.7. The van der Waals surface area contributed by atoms with Gasteiger partial charge in [-0.1, -0.05) is 35.9 Å². The number of aromatic nitrogens is 2. The lowest BCUT2D eigenvalue weighted by Crippen LogP contribution is -2.09. The maximum Gasteiger partial charge on any atom is 0.100 e. The molecule has 1 unspecified atom stereocenters. The summed E-state index contributed by atoms with van der Waals surface area (Å²) in [5, 5.41) is 2.52. The van der Waals surface area contributed by atoms with Gasteiger partial charge in [-0.05, 0) is 29.3 Å². The summed E-state index contributed by atoms with van der Waals surface area (Å²) in [6.07, 6.45) is 5.60. The van der Waals surface area contributed by atoms with Gasteiger partial charge < -0.3 is 9.30 Å². The molecule has 1 atom stereocenters. The third kappa shape index (κ3) is 2.58. The first-order chi connectivity index (χ1) is 9.76. The van der Waals surface area contributed by atoms with Gasteiger partial charge in [-0.2, -0.15) is 0 Å². The highest BCUT2D eigenvalue weighted by Gasteiger charge is 2.11. The molecule has 3 heteroatoms. The van der Waals surface area contributed by atoms with E-state index in [1.165, 1.54) is 21.9 Å². The maximum atomic E-state index is 5.63. The number of benzene rings is 2. The van der Waals surface area contributed by atoms with Gasteiger partial charge in [0.15, 0.2) is 0 Å². The molecule has 0 radical (unpaired) electrons. The van der Waals surface area contributed by atoms with E-state index in [-0.39, 0.29) is 6.10 Å². The van der Waals surface area contributed by atoms with Crippen molar-refractivity contribution in [1.29, 1.82) is 0 Å². The van der Waals surface area contributed by atoms with E-state index in [0.717, 1.165) is 6.54 Å². The molecule has 0 aliphatic heterocycles. The first kappa shape index (κ1) is 12.9. The Hall–Kier alpha value is -2.13. The van der Waals surface area contributed by atoms with Crippen molar-refractivity contribution in [3.05, 3.63) is 66.2 Å². The van der Waals surface area contributed by atoms with Gasteiger partial charge in [-0.3, -0.25) is 0 Å². The summed E-state index contributed by atoms with van der Waals surface area (Å²) in [7, 11) is 1.75. The van der Waals surface area contributed by atoms with Crippen molar-refractivity contribution in [3.63, 3.8) is 0 Å². The number of fused-ring (bicyclic) bond motifs is 1. The second kappa shape index (κ2) is 5.47. The lowest BCUT2D eigenvalue weighted by molar-refractivity contribution is 0.0879. The minimum atomic E-state index is 0.0369. The average Bonchev–Trinajstić information content (AvgIpc) is 2.97. The highest BCUT2D eigenvalue weighted by molar-refractivity contribution is 5.83. The van der Waals surface area contributed by atoms with Crippen LogP contribution in [0.2, 0.25) is 0 Å². The van der Waals surface area contributed by atoms with Crippen molar-refractivity contribution in [2.45, 2.75) is 19.6 Å². The van der Waals surface area contributed by atoms with Crippen LogP contribution in [0.5, 0.6) is 0 Å². The van der Waals surface area contributed by atoms with Crippen molar-refractivity contribution >= 4 is 10.8 Å². The first-order valence-corrected chi connectivity index (χ1v) is 6.75. The highest BCUT2D eigenvalue weighted by atomic mass is 16.5. The van der Waals surface area contributed by atoms with E-state index in [0.29, 0.717) is 0 Å². The smallest absolute Gasteiger partial charge is 0.100 e. The fourth-order valence-electron chi connectivity index (χ4n) is 2.49. The molecule has 0 aliphatic carbocycles. The van der Waals surface area contributed by atoms with Crippen LogP contribution >= 0.6 is 0 Å². The molecule has 0 saturated carbocycles. The molecule has 1 aromatic heterocycles. The SMILES string of the molecule is COC(Cn1ccnc1)c1ccc2cc(C)ccc2c1. The number of hydrogen-bond donors (Lipinski definition) is 0. The third-order valence-electron chi connectivity index (χ3n) is 3.61. The summed E-state index contributed by atoms with van der Waals surface area (Å²) in [4.78, 5) is 4.07. The minimum Gasteiger partial charge on any atom is -0.375 e. The van der Waals surface area contributed by atoms with Gasteiger partial charge in [0.1, 0.15) is 6.10 Å². The van der Waals surface area contributed by atoms with Gasteiger partial charge in [-0.15, -0.1) is 0 Å². The molecule has 0 N–H and O–H groups in total. The minimum absolute atomic E-state index is 0.0369. The standard InChI is InChI=1S/C17H18N2O/c1-13-3-4-15-10-16(6-5-14(15)9-13)17(20-2)11-19-8-7-18-12-19/h3-10,12,17H,11H2,1-2H3. The van der Waals surface area contributed by atoms with Crippen LogP contribution in [0.25, 0.3) is 10.8 Å². The lowest BCUT2D eigenvalue weighted by atomic mass is 10.0. The molecule has 102 valence electrons. The summed E-state index contributed by atoms with van der Waals surface area (Å²) in [6, 6.07) is 13.0. The van der Waals surface area contributed by atoms with Gasteiger partial charge in [0.05, 0.1) is 12.9 Å². The van der Waals surface area contributed by atoms with Crippen molar-refractivity contribution < 1.29 is 4.74 Å². The van der Waals surface area contributed by atoms with E-state index >= 15 is 0 Å². The van der Waals surface area contributed by atoms with E-state index in [2.05, 4.69) is 48.3 Å². The Morgan fingerprint density at radius 2 is 1.95 bits per heavy atom. The molecule has 0 spiro atoms. The van der Waals surface area contributed by atoms with Gasteiger partial charge in [0, 0.05) is 19.5 Å². The van der Waals surface area contributed by atoms with Crippen LogP contribution < -0.4 is 0 Å². The largest absolute Gasteiger partial charge is 0.375 e. The number of imidazole rings is 1. The lowest BCUT2D eigenvalue weighted by Gasteiger charge is -2.17. The molecule has 3 rings (SSSR count). The number of methoxy groups -OCH3 is 1. The predicted molar refractivity (Wildman–Crippen MR) is 80.7 cm³/mol. The number of aryl methyl sites for hydroxylation is 1. The average molecular weight is 266 g/mol. The molecule has 1 heterocycles. The predicted octanol–water partition coefficient (Wildman–Crippen LogP) is 3.73. The maximum absolute atomic E-state index is 5.63. The number of nitrogens with zero attached hydrogens (tertiary/aromatic N) is 2. The number of ether oxygens (including phenoxy) is 1. The van der Waals surface area contributed by atoms with Crippen LogP contribution in [0.4, 0.5) is 0 Å². The molecule has 0 amide bonds. The summed E-state index contributed by atoms with van der Waals surface area (Å²) >= 11 is 0. The Kier molecular flexibility index (Phi) is 3.52. The Labute approximate surface area is 118 Å². The van der Waals surface area contributed by atoms with Gasteiger partial charge >= 0.3 is 0 Å². The van der Waals surface area contributed by atoms with E-state index in [9.17, 15) is 0 Å². The number of rotatable bonds is 4. The van der Waals surface area contributed by atoms with Crippen molar-refractivity contribution in [2.24, 2.45) is 0 Å². The van der Waals surface area contributed by atoms with Crippen LogP contribution in [-0.2, 0) is 11.3 Å². The molecule has 0 aliphatic rings. The third-order valence-corrected chi connectivity index (χ3v) is 3.61. The van der Waals surface area contributed by atoms with Gasteiger partial charge in [0.2, 0.25) is 0 Å². The molecule has 2 aromatic carbocycles. The molecule has 0 bridgehead atoms. The van der Waals surface area contributed by atoms with Crippen LogP contribution in [0.1, 0.15) is 17.2 Å². The highest BCUT2D eigenvalue weighted by Crippen LogP contribution is 2.24. The fraction of sp³-hybridized carbons (Fsp3) is 0.235. The Bertz CT molecular complexity index is 704. The summed E-state index contributed by atoms with van der Waals surface area (Å²) in [5.41, 5.74) is 2.48. The zero-order chi connectivity index (χ0) is 13.9. The molecule has 3 aromatic rings. The van der Waals surface area contributed by atoms with E-state index in [1.54, 1.807) is 13.3 Å². The summed E-state index contributed by atoms with van der Waals surface area (Å²) in [6.45, 7) is 2.89. The van der Waals surface area contributed by atoms with Crippen LogP contribution in [0, 0.1) is 6.92 Å². The fourth-order valence-corrected chi connectivity index (χ4v) is 2.49. The second-order valence-electron chi connectivity index (χ2n) is 5.09. The van der Waals surface area contributed by atoms with Crippen LogP contribution in [-0.4, -0.2) is 16.7 Å². The summed E-state index contributed by atoms with van der Waals surface area (Å²) < 4.78 is 7.67. The molecule has 0 fully saturated rings. The van der Waals surface area contributed by atoms with E-state index in [1.807, 2.05) is 17.1 Å². The second-order valence-corrected chi connectivity index (χ2v) is 5.09. The Balaban J connectivity index is 1.93. The molecule has 20 heavy (non-hydrogen) atoms. The quantitative estimate of drug-likeness (QED) is 0.719. The van der Waals surface area contributed by atoms with E-state index < -0.39 is 0 Å². The Morgan fingerprint density at radius 3 is 2.70 bits per heavy atom. The molecule has 0 saturated heterocycles. The van der Waals surface area contributed by atoms with Crippen LogP contribution in [0.15, 0.2) is 55.1 Å². The topological polar surface area (TPSA) is 27.1 Å². The first-order valence-electron chi connectivity index (χ1n) is 6.75. The zero-order valence-electron chi connectivity index (χ0n) is 11.8. The van der Waals surface area contributed by atoms with Crippen molar-refractivity contribution in [3.8, 4) is 0 Å². The van der Waals surface area contributed by atoms with Crippen LogP contribution in [0.3, 0.4) is 0 Å². The van der Waals surface area contributed by atoms with Crippen molar-refractivity contribution in [2.75, 3.05) is 7.11 Å². The summed E-state index contributed by atoms with van der Waals surface area (Å²) in [5.74, 6) is 0. The monoisotopic (exact) mass is 266 g/mol. The molecular formula is C17H18N2O.